The predicted molar refractivity (Wildman–Crippen MR) is 130 cm³/mol. The van der Waals surface area contributed by atoms with E-state index in [9.17, 15) is 9.59 Å². The molecule has 1 aliphatic heterocycles. The summed E-state index contributed by atoms with van der Waals surface area (Å²) in [7, 11) is 0. The van der Waals surface area contributed by atoms with Crippen molar-refractivity contribution in [3.05, 3.63) is 69.1 Å². The summed E-state index contributed by atoms with van der Waals surface area (Å²) in [6.07, 6.45) is 2.76. The molecular formula is C24H26N2O2S2. The van der Waals surface area contributed by atoms with Crippen LogP contribution in [0.1, 0.15) is 40.7 Å². The molecule has 156 valence electrons. The molecule has 0 aromatic heterocycles. The number of carbonyl (C=O) groups excluding carboxylic acids is 2. The van der Waals surface area contributed by atoms with Gasteiger partial charge in [0.15, 0.2) is 0 Å². The number of carbonyl (C=O) groups is 2. The summed E-state index contributed by atoms with van der Waals surface area (Å²) in [4.78, 5) is 27.3. The molecule has 2 amide bonds. The lowest BCUT2D eigenvalue weighted by Gasteiger charge is -2.15. The van der Waals surface area contributed by atoms with Gasteiger partial charge in [0.1, 0.15) is 4.32 Å². The predicted octanol–water partition coefficient (Wildman–Crippen LogP) is 5.54. The first kappa shape index (κ1) is 22.2. The Balaban J connectivity index is 1.56. The Morgan fingerprint density at radius 1 is 1.07 bits per heavy atom. The van der Waals surface area contributed by atoms with E-state index in [0.717, 1.165) is 22.4 Å². The number of rotatable bonds is 6. The number of thiocarbonyl (C=S) groups is 1. The fourth-order valence-electron chi connectivity index (χ4n) is 3.48. The van der Waals surface area contributed by atoms with Gasteiger partial charge in [-0.2, -0.15) is 0 Å². The van der Waals surface area contributed by atoms with Gasteiger partial charge in [-0.1, -0.05) is 71.5 Å². The molecule has 0 aliphatic carbocycles. The first-order chi connectivity index (χ1) is 14.2. The number of nitrogens with one attached hydrogen (secondary N) is 1. The van der Waals surface area contributed by atoms with E-state index < -0.39 is 0 Å². The minimum Gasteiger partial charge on any atom is -0.326 e. The number of aryl methyl sites for hydroxylation is 4. The number of hydrogen-bond donors (Lipinski definition) is 1. The lowest BCUT2D eigenvalue weighted by atomic mass is 10.0. The number of thioether (sulfide) groups is 1. The summed E-state index contributed by atoms with van der Waals surface area (Å²) >= 11 is 6.70. The normalized spacial score (nSPS) is 15.2. The maximum atomic E-state index is 12.7. The van der Waals surface area contributed by atoms with Gasteiger partial charge in [0, 0.05) is 18.7 Å². The zero-order chi connectivity index (χ0) is 21.8. The molecule has 3 rings (SSSR count). The van der Waals surface area contributed by atoms with Crippen molar-refractivity contribution in [2.45, 2.75) is 40.5 Å². The zero-order valence-corrected chi connectivity index (χ0v) is 19.4. The van der Waals surface area contributed by atoms with Gasteiger partial charge < -0.3 is 5.32 Å². The zero-order valence-electron chi connectivity index (χ0n) is 17.7. The number of anilines is 1. The third-order valence-electron chi connectivity index (χ3n) is 4.98. The minimum atomic E-state index is -0.0868. The standard InChI is InChI=1S/C24H26N2O2S2/c1-15-7-9-19(10-8-15)14-20-23(28)26(24(29)30-20)11-5-6-21(27)25-22-17(3)12-16(2)13-18(22)4/h7-10,12-14H,5-6,11H2,1-4H3,(H,25,27). The second-order valence-electron chi connectivity index (χ2n) is 7.67. The van der Waals surface area contributed by atoms with Crippen molar-refractivity contribution >= 4 is 51.9 Å². The molecule has 1 saturated heterocycles. The molecule has 0 spiro atoms. The van der Waals surface area contributed by atoms with Crippen molar-refractivity contribution in [2.75, 3.05) is 11.9 Å². The van der Waals surface area contributed by atoms with E-state index >= 15 is 0 Å². The largest absolute Gasteiger partial charge is 0.326 e. The highest BCUT2D eigenvalue weighted by atomic mass is 32.2. The summed E-state index contributed by atoms with van der Waals surface area (Å²) in [6, 6.07) is 12.1. The van der Waals surface area contributed by atoms with Crippen LogP contribution in [0, 0.1) is 27.7 Å². The van der Waals surface area contributed by atoms with Gasteiger partial charge in [-0.25, -0.2) is 0 Å². The quantitative estimate of drug-likeness (QED) is 0.475. The van der Waals surface area contributed by atoms with Crippen LogP contribution in [0.5, 0.6) is 0 Å². The highest BCUT2D eigenvalue weighted by Crippen LogP contribution is 2.32. The van der Waals surface area contributed by atoms with Crippen LogP contribution >= 0.6 is 24.0 Å². The van der Waals surface area contributed by atoms with Gasteiger partial charge >= 0.3 is 0 Å². The Kier molecular flexibility index (Phi) is 7.10. The van der Waals surface area contributed by atoms with Crippen LogP contribution in [-0.2, 0) is 9.59 Å². The molecule has 6 heteroatoms. The van der Waals surface area contributed by atoms with Crippen LogP contribution in [0.4, 0.5) is 5.69 Å². The summed E-state index contributed by atoms with van der Waals surface area (Å²) < 4.78 is 0.545. The van der Waals surface area contributed by atoms with Crippen LogP contribution in [0.25, 0.3) is 6.08 Å². The van der Waals surface area contributed by atoms with Gasteiger partial charge in [-0.05, 0) is 56.9 Å². The molecule has 1 N–H and O–H groups in total. The fourth-order valence-corrected chi connectivity index (χ4v) is 4.79. The van der Waals surface area contributed by atoms with Crippen LogP contribution in [-0.4, -0.2) is 27.6 Å². The van der Waals surface area contributed by atoms with Crippen molar-refractivity contribution in [1.29, 1.82) is 0 Å². The molecule has 1 aliphatic rings. The van der Waals surface area contributed by atoms with Gasteiger partial charge in [0.05, 0.1) is 4.91 Å². The smallest absolute Gasteiger partial charge is 0.266 e. The number of benzene rings is 2. The van der Waals surface area contributed by atoms with Crippen LogP contribution in [0.2, 0.25) is 0 Å². The lowest BCUT2D eigenvalue weighted by Crippen LogP contribution is -2.29. The van der Waals surface area contributed by atoms with Crippen molar-refractivity contribution in [3.8, 4) is 0 Å². The van der Waals surface area contributed by atoms with E-state index in [1.165, 1.54) is 22.9 Å². The Morgan fingerprint density at radius 3 is 2.33 bits per heavy atom. The highest BCUT2D eigenvalue weighted by Gasteiger charge is 2.31. The van der Waals surface area contributed by atoms with E-state index in [2.05, 4.69) is 17.4 Å². The van der Waals surface area contributed by atoms with Crippen LogP contribution in [0.3, 0.4) is 0 Å². The third kappa shape index (κ3) is 5.37. The highest BCUT2D eigenvalue weighted by molar-refractivity contribution is 8.26. The van der Waals surface area contributed by atoms with E-state index in [0.29, 0.717) is 28.6 Å². The molecule has 2 aromatic rings. The lowest BCUT2D eigenvalue weighted by molar-refractivity contribution is -0.122. The summed E-state index contributed by atoms with van der Waals surface area (Å²) in [5.74, 6) is -0.137. The van der Waals surface area contributed by atoms with Crippen molar-refractivity contribution < 1.29 is 9.59 Å². The van der Waals surface area contributed by atoms with E-state index in [4.69, 9.17) is 12.2 Å². The second kappa shape index (κ2) is 9.58. The van der Waals surface area contributed by atoms with Crippen molar-refractivity contribution in [3.63, 3.8) is 0 Å². The molecule has 0 saturated carbocycles. The Hall–Kier alpha value is -2.44. The maximum absolute atomic E-state index is 12.7. The second-order valence-corrected chi connectivity index (χ2v) is 9.35. The average Bonchev–Trinajstić information content (AvgIpc) is 2.94. The molecule has 1 fully saturated rings. The first-order valence-electron chi connectivity index (χ1n) is 9.94. The SMILES string of the molecule is Cc1ccc(C=C2SC(=S)N(CCCC(=O)Nc3c(C)cc(C)cc3C)C2=O)cc1. The molecule has 30 heavy (non-hydrogen) atoms. The average molecular weight is 439 g/mol. The molecule has 0 radical (unpaired) electrons. The van der Waals surface area contributed by atoms with E-state index in [1.54, 1.807) is 4.90 Å². The summed E-state index contributed by atoms with van der Waals surface area (Å²) in [6.45, 7) is 8.50. The van der Waals surface area contributed by atoms with Crippen LogP contribution < -0.4 is 5.32 Å². The van der Waals surface area contributed by atoms with Crippen molar-refractivity contribution in [1.82, 2.24) is 4.90 Å². The van der Waals surface area contributed by atoms with Gasteiger partial charge in [0.2, 0.25) is 5.91 Å². The Bertz CT molecular complexity index is 1000. The van der Waals surface area contributed by atoms with Crippen molar-refractivity contribution in [2.24, 2.45) is 0 Å². The molecule has 0 bridgehead atoms. The van der Waals surface area contributed by atoms with E-state index in [1.807, 2.05) is 58.0 Å². The molecular weight excluding hydrogens is 412 g/mol. The summed E-state index contributed by atoms with van der Waals surface area (Å²) in [5, 5.41) is 3.01. The number of nitrogens with zero attached hydrogens (tertiary/aromatic N) is 1. The summed E-state index contributed by atoms with van der Waals surface area (Å²) in [5.41, 5.74) is 6.31. The molecule has 4 nitrogen and oxygen atoms in total. The van der Waals surface area contributed by atoms with Gasteiger partial charge in [-0.15, -0.1) is 0 Å². The first-order valence-corrected chi connectivity index (χ1v) is 11.2. The van der Waals surface area contributed by atoms with E-state index in [-0.39, 0.29) is 11.8 Å². The Labute approximate surface area is 187 Å². The molecule has 1 heterocycles. The monoisotopic (exact) mass is 438 g/mol. The molecule has 0 unspecified atom stereocenters. The minimum absolute atomic E-state index is 0.0503. The van der Waals surface area contributed by atoms with Gasteiger partial charge in [-0.3, -0.25) is 14.5 Å². The number of hydrogen-bond acceptors (Lipinski definition) is 4. The maximum Gasteiger partial charge on any atom is 0.266 e. The molecule has 0 atom stereocenters. The Morgan fingerprint density at radius 2 is 1.70 bits per heavy atom. The number of amides is 2. The fraction of sp³-hybridized carbons (Fsp3) is 0.292. The van der Waals surface area contributed by atoms with Gasteiger partial charge in [0.25, 0.3) is 5.91 Å². The topological polar surface area (TPSA) is 49.4 Å². The molecule has 2 aromatic carbocycles. The van der Waals surface area contributed by atoms with Crippen LogP contribution in [0.15, 0.2) is 41.3 Å². The third-order valence-corrected chi connectivity index (χ3v) is 6.35.